The lowest BCUT2D eigenvalue weighted by Crippen LogP contribution is -2.38. The molecule has 0 fully saturated rings. The number of aliphatic imine (C=N–C) groups is 2. The van der Waals surface area contributed by atoms with Gasteiger partial charge in [0.25, 0.3) is 0 Å². The lowest BCUT2D eigenvalue weighted by molar-refractivity contribution is -0.118. The van der Waals surface area contributed by atoms with E-state index in [1.807, 2.05) is 14.0 Å². The van der Waals surface area contributed by atoms with Crippen LogP contribution in [-0.4, -0.2) is 62.7 Å². The van der Waals surface area contributed by atoms with E-state index in [0.717, 1.165) is 17.1 Å². The van der Waals surface area contributed by atoms with Gasteiger partial charge in [0.05, 0.1) is 6.54 Å². The predicted molar refractivity (Wildman–Crippen MR) is 85.3 cm³/mol. The number of carbonyl (C=O) groups excluding carboxylic acids is 1. The SMILES string of the molecule is C=N/C=C(\C=NCCN(C=O)CC(C)NC)SCC. The Morgan fingerprint density at radius 3 is 2.84 bits per heavy atom. The van der Waals surface area contributed by atoms with Crippen molar-refractivity contribution < 1.29 is 4.79 Å². The second-order valence-electron chi connectivity index (χ2n) is 3.97. The summed E-state index contributed by atoms with van der Waals surface area (Å²) in [6.07, 6.45) is 4.35. The number of nitrogens with one attached hydrogen (secondary N) is 1. The zero-order valence-electron chi connectivity index (χ0n) is 12.0. The Balaban J connectivity index is 4.13. The van der Waals surface area contributed by atoms with E-state index in [-0.39, 0.29) is 6.04 Å². The van der Waals surface area contributed by atoms with Crippen LogP contribution in [0.25, 0.3) is 0 Å². The third-order valence-electron chi connectivity index (χ3n) is 2.41. The third-order valence-corrected chi connectivity index (χ3v) is 3.25. The molecule has 0 aromatic rings. The van der Waals surface area contributed by atoms with E-state index in [0.29, 0.717) is 19.6 Å². The molecule has 6 heteroatoms. The van der Waals surface area contributed by atoms with Crippen LogP contribution in [0.15, 0.2) is 21.1 Å². The molecule has 108 valence electrons. The number of allylic oxidation sites excluding steroid dienone is 1. The standard InChI is InChI=1S/C13H24N4OS/c1-5-19-13(8-14-3)9-16-6-7-17(11-18)10-12(2)15-4/h8-9,11-12,15H,3,5-7,10H2,1-2,4H3/b13-8+,16-9?. The number of likely N-dealkylation sites (N-methyl/N-ethyl adjacent to an activating group) is 1. The van der Waals surface area contributed by atoms with Crippen LogP contribution >= 0.6 is 11.8 Å². The number of amides is 1. The highest BCUT2D eigenvalue weighted by molar-refractivity contribution is 8.03. The molecule has 0 bridgehead atoms. The van der Waals surface area contributed by atoms with Crippen molar-refractivity contribution in [3.63, 3.8) is 0 Å². The van der Waals surface area contributed by atoms with E-state index in [2.05, 4.69) is 28.9 Å². The summed E-state index contributed by atoms with van der Waals surface area (Å²) in [6, 6.07) is 0.283. The van der Waals surface area contributed by atoms with Crippen molar-refractivity contribution in [3.8, 4) is 0 Å². The largest absolute Gasteiger partial charge is 0.342 e. The molecule has 0 saturated carbocycles. The van der Waals surface area contributed by atoms with Gasteiger partial charge in [-0.05, 0) is 26.4 Å². The quantitative estimate of drug-likeness (QED) is 0.461. The van der Waals surface area contributed by atoms with Crippen LogP contribution < -0.4 is 5.32 Å². The van der Waals surface area contributed by atoms with Gasteiger partial charge in [0, 0.05) is 36.5 Å². The van der Waals surface area contributed by atoms with Crippen molar-refractivity contribution in [1.29, 1.82) is 0 Å². The highest BCUT2D eigenvalue weighted by atomic mass is 32.2. The van der Waals surface area contributed by atoms with Gasteiger partial charge in [0.1, 0.15) is 0 Å². The number of hydrogen-bond donors (Lipinski definition) is 1. The van der Waals surface area contributed by atoms with Crippen LogP contribution in [0.2, 0.25) is 0 Å². The monoisotopic (exact) mass is 284 g/mol. The van der Waals surface area contributed by atoms with Crippen LogP contribution in [0.5, 0.6) is 0 Å². The van der Waals surface area contributed by atoms with Crippen LogP contribution in [0, 0.1) is 0 Å². The lowest BCUT2D eigenvalue weighted by Gasteiger charge is -2.20. The molecule has 0 saturated heterocycles. The van der Waals surface area contributed by atoms with Gasteiger partial charge in [0.2, 0.25) is 6.41 Å². The van der Waals surface area contributed by atoms with Crippen LogP contribution in [0.3, 0.4) is 0 Å². The Hall–Kier alpha value is -1.14. The molecular weight excluding hydrogens is 260 g/mol. The first-order chi connectivity index (χ1) is 9.17. The van der Waals surface area contributed by atoms with Gasteiger partial charge >= 0.3 is 0 Å². The predicted octanol–water partition coefficient (Wildman–Crippen LogP) is 1.42. The Bertz CT molecular complexity index is 318. The molecule has 0 aliphatic carbocycles. The number of carbonyl (C=O) groups is 1. The summed E-state index contributed by atoms with van der Waals surface area (Å²) in [5.41, 5.74) is 0. The summed E-state index contributed by atoms with van der Waals surface area (Å²) in [5.74, 6) is 0.966. The maximum Gasteiger partial charge on any atom is 0.209 e. The van der Waals surface area contributed by atoms with E-state index < -0.39 is 0 Å². The second kappa shape index (κ2) is 11.9. The van der Waals surface area contributed by atoms with Crippen molar-refractivity contribution in [2.24, 2.45) is 9.98 Å². The van der Waals surface area contributed by atoms with Gasteiger partial charge in [-0.3, -0.25) is 14.8 Å². The molecule has 0 aromatic carbocycles. The van der Waals surface area contributed by atoms with Crippen molar-refractivity contribution in [3.05, 3.63) is 11.1 Å². The fourth-order valence-corrected chi connectivity index (χ4v) is 1.97. The minimum absolute atomic E-state index is 0.283. The minimum atomic E-state index is 0.283. The first-order valence-electron chi connectivity index (χ1n) is 6.33. The molecular formula is C13H24N4OS. The summed E-state index contributed by atoms with van der Waals surface area (Å²) in [6.45, 7) is 9.44. The molecule has 1 atom stereocenters. The Kier molecular flexibility index (Phi) is 11.2. The highest BCUT2D eigenvalue weighted by Gasteiger charge is 2.05. The Morgan fingerprint density at radius 1 is 1.58 bits per heavy atom. The molecule has 1 N–H and O–H groups in total. The van der Waals surface area contributed by atoms with Crippen molar-refractivity contribution in [2.75, 3.05) is 32.4 Å². The normalized spacial score (nSPS) is 13.5. The minimum Gasteiger partial charge on any atom is -0.342 e. The molecule has 0 aromatic heterocycles. The van der Waals surface area contributed by atoms with Gasteiger partial charge in [-0.15, -0.1) is 11.8 Å². The smallest absolute Gasteiger partial charge is 0.209 e. The lowest BCUT2D eigenvalue weighted by atomic mass is 10.3. The number of nitrogens with zero attached hydrogens (tertiary/aromatic N) is 3. The Labute approximate surface area is 120 Å². The average Bonchev–Trinajstić information content (AvgIpc) is 2.42. The molecule has 19 heavy (non-hydrogen) atoms. The van der Waals surface area contributed by atoms with Crippen molar-refractivity contribution in [2.45, 2.75) is 19.9 Å². The van der Waals surface area contributed by atoms with Gasteiger partial charge < -0.3 is 10.2 Å². The Morgan fingerprint density at radius 2 is 2.32 bits per heavy atom. The number of thioether (sulfide) groups is 1. The molecule has 0 heterocycles. The molecule has 1 unspecified atom stereocenters. The van der Waals surface area contributed by atoms with Gasteiger partial charge in [-0.2, -0.15) is 0 Å². The van der Waals surface area contributed by atoms with Crippen LogP contribution in [0.4, 0.5) is 0 Å². The molecule has 0 spiro atoms. The molecule has 0 radical (unpaired) electrons. The first kappa shape index (κ1) is 17.9. The summed E-state index contributed by atoms with van der Waals surface area (Å²) in [7, 11) is 1.88. The van der Waals surface area contributed by atoms with E-state index in [4.69, 9.17) is 0 Å². The maximum atomic E-state index is 10.9. The number of rotatable bonds is 11. The topological polar surface area (TPSA) is 57.1 Å². The summed E-state index contributed by atoms with van der Waals surface area (Å²) < 4.78 is 0. The zero-order chi connectivity index (χ0) is 14.5. The van der Waals surface area contributed by atoms with E-state index in [1.165, 1.54) is 0 Å². The van der Waals surface area contributed by atoms with Crippen molar-refractivity contribution in [1.82, 2.24) is 10.2 Å². The van der Waals surface area contributed by atoms with Gasteiger partial charge in [-0.1, -0.05) is 6.92 Å². The number of hydrogen-bond acceptors (Lipinski definition) is 5. The fraction of sp³-hybridized carbons (Fsp3) is 0.615. The van der Waals surface area contributed by atoms with E-state index >= 15 is 0 Å². The zero-order valence-corrected chi connectivity index (χ0v) is 12.8. The van der Waals surface area contributed by atoms with Crippen molar-refractivity contribution >= 4 is 31.1 Å². The first-order valence-corrected chi connectivity index (χ1v) is 7.31. The molecule has 0 aliphatic rings. The summed E-state index contributed by atoms with van der Waals surface area (Å²) in [4.78, 5) is 21.6. The van der Waals surface area contributed by atoms with E-state index in [9.17, 15) is 4.79 Å². The molecule has 0 aliphatic heterocycles. The van der Waals surface area contributed by atoms with Crippen LogP contribution in [-0.2, 0) is 4.79 Å². The fourth-order valence-electron chi connectivity index (χ4n) is 1.34. The van der Waals surface area contributed by atoms with Crippen LogP contribution in [0.1, 0.15) is 13.8 Å². The summed E-state index contributed by atoms with van der Waals surface area (Å²) in [5, 5.41) is 3.10. The summed E-state index contributed by atoms with van der Waals surface area (Å²) >= 11 is 1.66. The molecule has 0 rings (SSSR count). The average molecular weight is 284 g/mol. The third kappa shape index (κ3) is 9.44. The van der Waals surface area contributed by atoms with Gasteiger partial charge in [0.15, 0.2) is 0 Å². The van der Waals surface area contributed by atoms with Gasteiger partial charge in [-0.25, -0.2) is 0 Å². The molecule has 1 amide bonds. The second-order valence-corrected chi connectivity index (χ2v) is 5.31. The van der Waals surface area contributed by atoms with E-state index in [1.54, 1.807) is 29.1 Å². The maximum absolute atomic E-state index is 10.9. The highest BCUT2D eigenvalue weighted by Crippen LogP contribution is 2.12. The molecule has 5 nitrogen and oxygen atoms in total.